The summed E-state index contributed by atoms with van der Waals surface area (Å²) >= 11 is 0. The Morgan fingerprint density at radius 3 is 1.33 bits per heavy atom. The van der Waals surface area contributed by atoms with Gasteiger partial charge < -0.3 is 0 Å². The third-order valence-electron chi connectivity index (χ3n) is 2.68. The predicted molar refractivity (Wildman–Crippen MR) is 68.1 cm³/mol. The van der Waals surface area contributed by atoms with E-state index >= 15 is 0 Å². The van der Waals surface area contributed by atoms with Crippen LogP contribution in [-0.4, -0.2) is 5.71 Å². The molecule has 0 saturated carbocycles. The third kappa shape index (κ3) is 1.33. The molecule has 0 bridgehead atoms. The lowest BCUT2D eigenvalue weighted by Gasteiger charge is -1.97. The molecule has 2 heteroatoms. The van der Waals surface area contributed by atoms with Crippen molar-refractivity contribution in [3.8, 4) is 11.1 Å². The number of fused-ring (bicyclic) bond motifs is 3. The van der Waals surface area contributed by atoms with Gasteiger partial charge in [0.05, 0.1) is 5.71 Å². The van der Waals surface area contributed by atoms with Crippen molar-refractivity contribution in [2.45, 2.75) is 0 Å². The first-order chi connectivity index (χ1) is 6.88. The largest absolute Gasteiger partial charge is 0.300 e. The molecular formula is C13H10BrN. The number of benzene rings is 2. The Bertz CT molecular complexity index is 484. The summed E-state index contributed by atoms with van der Waals surface area (Å²) in [7, 11) is 0. The molecule has 2 aromatic rings. The van der Waals surface area contributed by atoms with E-state index in [2.05, 4.69) is 12.1 Å². The molecule has 0 heterocycles. The monoisotopic (exact) mass is 259 g/mol. The van der Waals surface area contributed by atoms with E-state index in [0.717, 1.165) is 11.1 Å². The highest BCUT2D eigenvalue weighted by molar-refractivity contribution is 8.93. The fourth-order valence-electron chi connectivity index (χ4n) is 2.02. The average molecular weight is 260 g/mol. The molecule has 1 nitrogen and oxygen atoms in total. The lowest BCUT2D eigenvalue weighted by atomic mass is 10.1. The minimum Gasteiger partial charge on any atom is -0.300 e. The molecule has 0 saturated heterocycles. The van der Waals surface area contributed by atoms with Gasteiger partial charge in [-0.3, -0.25) is 5.41 Å². The highest BCUT2D eigenvalue weighted by Crippen LogP contribution is 2.35. The van der Waals surface area contributed by atoms with Crippen LogP contribution in [0.3, 0.4) is 0 Å². The second kappa shape index (κ2) is 3.63. The van der Waals surface area contributed by atoms with Crippen LogP contribution >= 0.6 is 17.0 Å². The van der Waals surface area contributed by atoms with Gasteiger partial charge in [0.1, 0.15) is 0 Å². The lowest BCUT2D eigenvalue weighted by molar-refractivity contribution is 1.50. The van der Waals surface area contributed by atoms with Crippen molar-refractivity contribution in [2.24, 2.45) is 0 Å². The topological polar surface area (TPSA) is 23.9 Å². The SMILES string of the molecule is Br.N=C1c2ccccc2-c2ccccc21. The molecule has 1 aliphatic carbocycles. The standard InChI is InChI=1S/C13H9N.BrH/c14-13-11-7-3-1-5-9(11)10-6-2-4-8-12(10)13;/h1-8,14H;1H. The molecule has 0 aromatic heterocycles. The van der Waals surface area contributed by atoms with Crippen molar-refractivity contribution >= 4 is 22.7 Å². The normalized spacial score (nSPS) is 11.6. The quantitative estimate of drug-likeness (QED) is 0.637. The highest BCUT2D eigenvalue weighted by atomic mass is 79.9. The Morgan fingerprint density at radius 1 is 0.600 bits per heavy atom. The van der Waals surface area contributed by atoms with Crippen molar-refractivity contribution in [1.82, 2.24) is 0 Å². The van der Waals surface area contributed by atoms with E-state index in [4.69, 9.17) is 5.41 Å². The Hall–Kier alpha value is -1.41. The van der Waals surface area contributed by atoms with Gasteiger partial charge in [-0.05, 0) is 11.1 Å². The molecular weight excluding hydrogens is 250 g/mol. The number of hydrogen-bond acceptors (Lipinski definition) is 1. The summed E-state index contributed by atoms with van der Waals surface area (Å²) in [6.07, 6.45) is 0. The molecule has 0 aliphatic heterocycles. The van der Waals surface area contributed by atoms with Crippen LogP contribution in [0.4, 0.5) is 0 Å². The van der Waals surface area contributed by atoms with Crippen LogP contribution in [-0.2, 0) is 0 Å². The Balaban J connectivity index is 0.000000853. The van der Waals surface area contributed by atoms with Gasteiger partial charge >= 0.3 is 0 Å². The van der Waals surface area contributed by atoms with Gasteiger partial charge in [-0.25, -0.2) is 0 Å². The Kier molecular flexibility index (Phi) is 2.45. The van der Waals surface area contributed by atoms with Crippen LogP contribution in [0, 0.1) is 5.41 Å². The molecule has 0 amide bonds. The zero-order chi connectivity index (χ0) is 9.54. The molecule has 15 heavy (non-hydrogen) atoms. The molecule has 1 N–H and O–H groups in total. The number of rotatable bonds is 0. The number of halogens is 1. The predicted octanol–water partition coefficient (Wildman–Crippen LogP) is 3.66. The minimum atomic E-state index is 0. The van der Waals surface area contributed by atoms with Gasteiger partial charge in [-0.2, -0.15) is 0 Å². The second-order valence-electron chi connectivity index (χ2n) is 3.47. The Morgan fingerprint density at radius 2 is 0.933 bits per heavy atom. The summed E-state index contributed by atoms with van der Waals surface area (Å²) in [5.41, 5.74) is 5.12. The van der Waals surface area contributed by atoms with E-state index in [9.17, 15) is 0 Å². The molecule has 0 radical (unpaired) electrons. The van der Waals surface area contributed by atoms with Gasteiger partial charge in [0.2, 0.25) is 0 Å². The maximum absolute atomic E-state index is 8.01. The van der Waals surface area contributed by atoms with Crippen LogP contribution in [0.2, 0.25) is 0 Å². The summed E-state index contributed by atoms with van der Waals surface area (Å²) in [4.78, 5) is 0. The lowest BCUT2D eigenvalue weighted by Crippen LogP contribution is -1.93. The van der Waals surface area contributed by atoms with E-state index in [-0.39, 0.29) is 17.0 Å². The molecule has 0 spiro atoms. The maximum atomic E-state index is 8.01. The zero-order valence-electron chi connectivity index (χ0n) is 8.03. The first-order valence-corrected chi connectivity index (χ1v) is 4.65. The molecule has 0 atom stereocenters. The average Bonchev–Trinajstić information content (AvgIpc) is 2.55. The zero-order valence-corrected chi connectivity index (χ0v) is 9.74. The van der Waals surface area contributed by atoms with E-state index in [0.29, 0.717) is 5.71 Å². The fourth-order valence-corrected chi connectivity index (χ4v) is 2.02. The smallest absolute Gasteiger partial charge is 0.0697 e. The van der Waals surface area contributed by atoms with Crippen LogP contribution in [0.25, 0.3) is 11.1 Å². The van der Waals surface area contributed by atoms with Crippen molar-refractivity contribution in [2.75, 3.05) is 0 Å². The van der Waals surface area contributed by atoms with Crippen molar-refractivity contribution in [1.29, 1.82) is 5.41 Å². The maximum Gasteiger partial charge on any atom is 0.0697 e. The molecule has 0 unspecified atom stereocenters. The van der Waals surface area contributed by atoms with Gasteiger partial charge in [0.15, 0.2) is 0 Å². The Labute approximate surface area is 99.0 Å². The molecule has 2 aromatic carbocycles. The third-order valence-corrected chi connectivity index (χ3v) is 2.68. The minimum absolute atomic E-state index is 0. The van der Waals surface area contributed by atoms with Crippen LogP contribution in [0.5, 0.6) is 0 Å². The number of hydrogen-bond donors (Lipinski definition) is 1. The van der Waals surface area contributed by atoms with Crippen molar-refractivity contribution in [3.63, 3.8) is 0 Å². The first-order valence-electron chi connectivity index (χ1n) is 4.65. The molecule has 1 aliphatic rings. The second-order valence-corrected chi connectivity index (χ2v) is 3.47. The van der Waals surface area contributed by atoms with E-state index in [1.807, 2.05) is 36.4 Å². The van der Waals surface area contributed by atoms with Gasteiger partial charge in [-0.15, -0.1) is 17.0 Å². The number of nitrogens with one attached hydrogen (secondary N) is 1. The highest BCUT2D eigenvalue weighted by Gasteiger charge is 2.21. The van der Waals surface area contributed by atoms with Crippen LogP contribution in [0.1, 0.15) is 11.1 Å². The summed E-state index contributed by atoms with van der Waals surface area (Å²) in [5.74, 6) is 0. The van der Waals surface area contributed by atoms with Gasteiger partial charge in [0, 0.05) is 11.1 Å². The summed E-state index contributed by atoms with van der Waals surface area (Å²) < 4.78 is 0. The van der Waals surface area contributed by atoms with E-state index < -0.39 is 0 Å². The first kappa shape index (κ1) is 10.1. The van der Waals surface area contributed by atoms with Crippen molar-refractivity contribution < 1.29 is 0 Å². The summed E-state index contributed by atoms with van der Waals surface area (Å²) in [6.45, 7) is 0. The fraction of sp³-hybridized carbons (Fsp3) is 0. The molecule has 0 fully saturated rings. The van der Waals surface area contributed by atoms with Crippen LogP contribution < -0.4 is 0 Å². The van der Waals surface area contributed by atoms with Crippen LogP contribution in [0.15, 0.2) is 48.5 Å². The van der Waals surface area contributed by atoms with Gasteiger partial charge in [-0.1, -0.05) is 48.5 Å². The summed E-state index contributed by atoms with van der Waals surface area (Å²) in [5, 5.41) is 8.01. The summed E-state index contributed by atoms with van der Waals surface area (Å²) in [6, 6.07) is 16.2. The van der Waals surface area contributed by atoms with E-state index in [1.165, 1.54) is 11.1 Å². The van der Waals surface area contributed by atoms with Gasteiger partial charge in [0.25, 0.3) is 0 Å². The molecule has 74 valence electrons. The van der Waals surface area contributed by atoms with E-state index in [1.54, 1.807) is 0 Å². The van der Waals surface area contributed by atoms with Crippen molar-refractivity contribution in [3.05, 3.63) is 59.7 Å². The molecule has 3 rings (SSSR count).